The number of halogens is 1. The van der Waals surface area contributed by atoms with E-state index in [1.54, 1.807) is 36.8 Å². The summed E-state index contributed by atoms with van der Waals surface area (Å²) >= 11 is 0. The van der Waals surface area contributed by atoms with Gasteiger partial charge in [0.2, 0.25) is 5.91 Å². The number of rotatable bonds is 4. The van der Waals surface area contributed by atoms with Gasteiger partial charge in [-0.25, -0.2) is 4.39 Å². The monoisotopic (exact) mass is 323 g/mol. The lowest BCUT2D eigenvalue weighted by Gasteiger charge is -2.30. The molecule has 2 atom stereocenters. The average molecular weight is 323 g/mol. The highest BCUT2D eigenvalue weighted by Crippen LogP contribution is 2.31. The Balaban J connectivity index is 1.86. The minimum atomic E-state index is -0.878. The number of amides is 1. The zero-order chi connectivity index (χ0) is 17.0. The van der Waals surface area contributed by atoms with Crippen molar-refractivity contribution in [3.8, 4) is 0 Å². The van der Waals surface area contributed by atoms with Gasteiger partial charge in [0.05, 0.1) is 11.7 Å². The van der Waals surface area contributed by atoms with E-state index < -0.39 is 5.41 Å². The molecular formula is C19H18FN3O. The molecular weight excluding hydrogens is 305 g/mol. The van der Waals surface area contributed by atoms with Crippen molar-refractivity contribution in [1.29, 1.82) is 0 Å². The van der Waals surface area contributed by atoms with E-state index in [4.69, 9.17) is 0 Å². The van der Waals surface area contributed by atoms with Crippen molar-refractivity contribution in [2.24, 2.45) is 4.99 Å². The van der Waals surface area contributed by atoms with Gasteiger partial charge in [-0.2, -0.15) is 0 Å². The van der Waals surface area contributed by atoms with Crippen LogP contribution >= 0.6 is 0 Å². The highest BCUT2D eigenvalue weighted by molar-refractivity contribution is 5.93. The number of benzene rings is 1. The van der Waals surface area contributed by atoms with Gasteiger partial charge in [-0.15, -0.1) is 0 Å². The third-order valence-corrected chi connectivity index (χ3v) is 4.21. The van der Waals surface area contributed by atoms with Crippen LogP contribution in [-0.2, 0) is 10.2 Å². The Morgan fingerprint density at radius 2 is 2.04 bits per heavy atom. The first kappa shape index (κ1) is 16.1. The van der Waals surface area contributed by atoms with Crippen LogP contribution in [0.3, 0.4) is 0 Å². The molecule has 0 saturated carbocycles. The van der Waals surface area contributed by atoms with Crippen LogP contribution in [0.5, 0.6) is 0 Å². The maximum absolute atomic E-state index is 13.1. The molecule has 1 aromatic carbocycles. The Hall–Kier alpha value is -2.82. The maximum Gasteiger partial charge on any atom is 0.237 e. The zero-order valence-corrected chi connectivity index (χ0v) is 13.3. The number of nitrogens with one attached hydrogen (secondary N) is 1. The first-order chi connectivity index (χ1) is 11.6. The molecule has 122 valence electrons. The van der Waals surface area contributed by atoms with Crippen LogP contribution in [0.25, 0.3) is 0 Å². The van der Waals surface area contributed by atoms with Gasteiger partial charge in [0, 0.05) is 25.0 Å². The topological polar surface area (TPSA) is 54.4 Å². The van der Waals surface area contributed by atoms with E-state index in [0.29, 0.717) is 12.1 Å². The number of nitrogens with zero attached hydrogens (tertiary/aromatic N) is 2. The third kappa shape index (κ3) is 3.11. The van der Waals surface area contributed by atoms with Gasteiger partial charge < -0.3 is 5.32 Å². The fourth-order valence-electron chi connectivity index (χ4n) is 2.76. The fourth-order valence-corrected chi connectivity index (χ4v) is 2.76. The summed E-state index contributed by atoms with van der Waals surface area (Å²) in [6.45, 7) is 1.87. The summed E-state index contributed by atoms with van der Waals surface area (Å²) in [5.41, 5.74) is 0.641. The predicted molar refractivity (Wildman–Crippen MR) is 91.1 cm³/mol. The minimum Gasteiger partial charge on any atom is -0.348 e. The second-order valence-electron chi connectivity index (χ2n) is 5.78. The molecule has 2 aromatic rings. The third-order valence-electron chi connectivity index (χ3n) is 4.21. The second-order valence-corrected chi connectivity index (χ2v) is 5.78. The summed E-state index contributed by atoms with van der Waals surface area (Å²) in [5, 5.41) is 3.01. The number of aliphatic imine (C=N–C) groups is 1. The number of aromatic nitrogens is 1. The Morgan fingerprint density at radius 1 is 1.25 bits per heavy atom. The number of carbonyl (C=O) groups excluding carboxylic acids is 1. The lowest BCUT2D eigenvalue weighted by atomic mass is 9.78. The van der Waals surface area contributed by atoms with E-state index in [2.05, 4.69) is 15.3 Å². The van der Waals surface area contributed by atoms with Crippen LogP contribution in [-0.4, -0.2) is 17.1 Å². The normalized spacial score (nSPS) is 20.6. The molecule has 1 unspecified atom stereocenters. The van der Waals surface area contributed by atoms with E-state index in [-0.39, 0.29) is 17.8 Å². The van der Waals surface area contributed by atoms with Crippen LogP contribution in [0.1, 0.15) is 30.6 Å². The summed E-state index contributed by atoms with van der Waals surface area (Å²) in [7, 11) is 0. The molecule has 1 aliphatic heterocycles. The largest absolute Gasteiger partial charge is 0.348 e. The van der Waals surface area contributed by atoms with Crippen molar-refractivity contribution in [2.75, 3.05) is 0 Å². The number of hydrogen-bond donors (Lipinski definition) is 1. The SMILES string of the molecule is C[C@H](NC(=O)C1(c2ccccn2)C=CN=CC1)c1ccc(F)cc1. The molecule has 5 heteroatoms. The lowest BCUT2D eigenvalue weighted by Crippen LogP contribution is -2.45. The highest BCUT2D eigenvalue weighted by Gasteiger charge is 2.40. The van der Waals surface area contributed by atoms with Crippen molar-refractivity contribution >= 4 is 12.1 Å². The van der Waals surface area contributed by atoms with E-state index in [9.17, 15) is 9.18 Å². The molecule has 4 nitrogen and oxygen atoms in total. The lowest BCUT2D eigenvalue weighted by molar-refractivity contribution is -0.125. The first-order valence-corrected chi connectivity index (χ1v) is 7.79. The van der Waals surface area contributed by atoms with Crippen LogP contribution < -0.4 is 5.32 Å². The molecule has 1 aromatic heterocycles. The Morgan fingerprint density at radius 3 is 2.67 bits per heavy atom. The second kappa shape index (κ2) is 6.74. The standard InChI is InChI=1S/C19H18FN3O/c1-14(15-5-7-16(20)8-6-15)23-18(24)19(9-12-21-13-10-19)17-4-2-3-11-22-17/h2-9,11-14H,10H2,1H3,(H,23,24)/t14-,19?/m0/s1. The predicted octanol–water partition coefficient (Wildman–Crippen LogP) is 3.32. The molecule has 0 fully saturated rings. The molecule has 0 aliphatic carbocycles. The number of pyridine rings is 1. The van der Waals surface area contributed by atoms with Gasteiger partial charge in [-0.1, -0.05) is 18.2 Å². The van der Waals surface area contributed by atoms with Crippen LogP contribution in [0.2, 0.25) is 0 Å². The molecule has 0 radical (unpaired) electrons. The number of carbonyl (C=O) groups is 1. The molecule has 0 spiro atoms. The smallest absolute Gasteiger partial charge is 0.237 e. The van der Waals surface area contributed by atoms with Crippen molar-refractivity contribution in [3.05, 3.63) is 78.0 Å². The maximum atomic E-state index is 13.1. The van der Waals surface area contributed by atoms with Gasteiger partial charge in [0.1, 0.15) is 11.2 Å². The zero-order valence-electron chi connectivity index (χ0n) is 13.3. The Kier molecular flexibility index (Phi) is 4.51. The summed E-state index contributed by atoms with van der Waals surface area (Å²) in [5.74, 6) is -0.450. The van der Waals surface area contributed by atoms with Crippen LogP contribution in [0.4, 0.5) is 4.39 Å². The minimum absolute atomic E-state index is 0.152. The van der Waals surface area contributed by atoms with E-state index in [0.717, 1.165) is 5.56 Å². The van der Waals surface area contributed by atoms with Crippen molar-refractivity contribution in [1.82, 2.24) is 10.3 Å². The summed E-state index contributed by atoms with van der Waals surface area (Å²) in [6.07, 6.45) is 7.25. The number of hydrogen-bond acceptors (Lipinski definition) is 3. The molecule has 1 amide bonds. The molecule has 24 heavy (non-hydrogen) atoms. The van der Waals surface area contributed by atoms with Gasteiger partial charge in [-0.05, 0) is 42.8 Å². The summed E-state index contributed by atoms with van der Waals surface area (Å²) in [4.78, 5) is 21.5. The fraction of sp³-hybridized carbons (Fsp3) is 0.211. The molecule has 0 saturated heterocycles. The van der Waals surface area contributed by atoms with Gasteiger partial charge in [0.25, 0.3) is 0 Å². The Labute approximate surface area is 140 Å². The summed E-state index contributed by atoms with van der Waals surface area (Å²) in [6, 6.07) is 11.4. The van der Waals surface area contributed by atoms with Gasteiger partial charge in [0.15, 0.2) is 0 Å². The molecule has 2 heterocycles. The molecule has 0 bridgehead atoms. The first-order valence-electron chi connectivity index (χ1n) is 7.79. The van der Waals surface area contributed by atoms with Crippen LogP contribution in [0, 0.1) is 5.82 Å². The van der Waals surface area contributed by atoms with Crippen molar-refractivity contribution in [3.63, 3.8) is 0 Å². The molecule has 1 N–H and O–H groups in total. The van der Waals surface area contributed by atoms with Gasteiger partial charge in [-0.3, -0.25) is 14.8 Å². The molecule has 3 rings (SSSR count). The van der Waals surface area contributed by atoms with Gasteiger partial charge >= 0.3 is 0 Å². The van der Waals surface area contributed by atoms with Crippen molar-refractivity contribution < 1.29 is 9.18 Å². The Bertz CT molecular complexity index is 771. The highest BCUT2D eigenvalue weighted by atomic mass is 19.1. The molecule has 1 aliphatic rings. The quantitative estimate of drug-likeness (QED) is 0.938. The van der Waals surface area contributed by atoms with Crippen molar-refractivity contribution in [2.45, 2.75) is 24.8 Å². The van der Waals surface area contributed by atoms with E-state index in [1.807, 2.05) is 25.1 Å². The average Bonchev–Trinajstić information content (AvgIpc) is 2.63. The summed E-state index contributed by atoms with van der Waals surface area (Å²) < 4.78 is 13.1. The van der Waals surface area contributed by atoms with E-state index >= 15 is 0 Å². The van der Waals surface area contributed by atoms with E-state index in [1.165, 1.54) is 12.1 Å². The van der Waals surface area contributed by atoms with Crippen LogP contribution in [0.15, 0.2) is 65.9 Å².